The highest BCUT2D eigenvalue weighted by Crippen LogP contribution is 2.61. The number of aromatic nitrogens is 1. The van der Waals surface area contributed by atoms with Crippen molar-refractivity contribution in [1.82, 2.24) is 14.8 Å². The number of rotatable bonds is 4. The average Bonchev–Trinajstić information content (AvgIpc) is 3.37. The number of carbonyl (C=O) groups is 2. The Balaban J connectivity index is 1.24. The number of hydrogen-bond donors (Lipinski definition) is 1. The molecule has 1 aliphatic heterocycles. The van der Waals surface area contributed by atoms with E-state index in [4.69, 9.17) is 0 Å². The van der Waals surface area contributed by atoms with E-state index in [1.807, 2.05) is 4.90 Å². The van der Waals surface area contributed by atoms with Crippen molar-refractivity contribution < 1.29 is 9.59 Å². The summed E-state index contributed by atoms with van der Waals surface area (Å²) in [4.78, 5) is 35.5. The van der Waals surface area contributed by atoms with Gasteiger partial charge in [0, 0.05) is 43.4 Å². The fraction of sp³-hybridized carbons (Fsp3) is 0.393. The lowest BCUT2D eigenvalue weighted by Gasteiger charge is -2.50. The van der Waals surface area contributed by atoms with Crippen molar-refractivity contribution in [1.29, 1.82) is 0 Å². The summed E-state index contributed by atoms with van der Waals surface area (Å²) >= 11 is 1.33. The third-order valence-electron chi connectivity index (χ3n) is 8.20. The van der Waals surface area contributed by atoms with E-state index in [1.54, 1.807) is 5.38 Å². The van der Waals surface area contributed by atoms with Crippen LogP contribution in [0.15, 0.2) is 53.9 Å². The average molecular weight is 487 g/mol. The monoisotopic (exact) mass is 486 g/mol. The normalized spacial score (nSPS) is 25.1. The second-order valence-corrected chi connectivity index (χ2v) is 10.9. The summed E-state index contributed by atoms with van der Waals surface area (Å²) in [6.07, 6.45) is 0.760. The summed E-state index contributed by atoms with van der Waals surface area (Å²) in [5.41, 5.74) is 5.00. The van der Waals surface area contributed by atoms with Gasteiger partial charge in [0.25, 0.3) is 5.91 Å². The van der Waals surface area contributed by atoms with Crippen molar-refractivity contribution >= 4 is 28.3 Å². The molecule has 1 saturated heterocycles. The van der Waals surface area contributed by atoms with Gasteiger partial charge in [0.1, 0.15) is 5.69 Å². The molecule has 2 heterocycles. The number of nitrogens with one attached hydrogen (secondary N) is 1. The molecule has 4 aliphatic rings. The van der Waals surface area contributed by atoms with Crippen LogP contribution in [0.2, 0.25) is 0 Å². The molecule has 1 unspecified atom stereocenters. The first-order valence-corrected chi connectivity index (χ1v) is 13.3. The molecule has 6 nitrogen and oxygen atoms in total. The van der Waals surface area contributed by atoms with Crippen LogP contribution in [0.25, 0.3) is 0 Å². The van der Waals surface area contributed by atoms with Crippen LogP contribution in [0, 0.1) is 5.41 Å². The number of carbonyl (C=O) groups excluding carboxylic acids is 2. The molecule has 1 N–H and O–H groups in total. The van der Waals surface area contributed by atoms with Crippen LogP contribution in [-0.4, -0.2) is 59.3 Å². The second kappa shape index (κ2) is 8.57. The zero-order chi connectivity index (χ0) is 24.2. The number of fused-ring (bicyclic) bond motifs is 1. The minimum absolute atomic E-state index is 0.00386. The maximum Gasteiger partial charge on any atom is 0.273 e. The Morgan fingerprint density at radius 3 is 2.20 bits per heavy atom. The number of piperazine rings is 1. The number of nitrogens with zero attached hydrogens (tertiary/aromatic N) is 3. The minimum atomic E-state index is -0.598. The van der Waals surface area contributed by atoms with Gasteiger partial charge in [-0.1, -0.05) is 55.5 Å². The van der Waals surface area contributed by atoms with Crippen molar-refractivity contribution in [3.05, 3.63) is 81.9 Å². The highest BCUT2D eigenvalue weighted by Gasteiger charge is 2.54. The standard InChI is InChI=1S/C28H30N4O2S/c1-3-31-12-14-32(15-13-31)25(33)23-17-35-27(29-23)30-26(34)28(2)16-22-18-8-4-6-10-20(18)24(28)21-11-7-5-9-19(21)22/h4-11,17,22,24H,3,12-16H2,1-2H3,(H,29,30,34). The van der Waals surface area contributed by atoms with Gasteiger partial charge in [-0.3, -0.25) is 9.59 Å². The van der Waals surface area contributed by atoms with E-state index in [1.165, 1.54) is 33.6 Å². The summed E-state index contributed by atoms with van der Waals surface area (Å²) in [6, 6.07) is 17.1. The highest BCUT2D eigenvalue weighted by molar-refractivity contribution is 7.14. The van der Waals surface area contributed by atoms with Crippen LogP contribution in [0.5, 0.6) is 0 Å². The molecule has 1 fully saturated rings. The quantitative estimate of drug-likeness (QED) is 0.588. The predicted octanol–water partition coefficient (Wildman–Crippen LogP) is 4.55. The maximum atomic E-state index is 13.8. The van der Waals surface area contributed by atoms with Crippen LogP contribution in [-0.2, 0) is 4.79 Å². The molecular weight excluding hydrogens is 456 g/mol. The molecule has 7 heteroatoms. The Bertz CT molecular complexity index is 1250. The zero-order valence-corrected chi connectivity index (χ0v) is 21.0. The molecule has 0 spiro atoms. The summed E-state index contributed by atoms with van der Waals surface area (Å²) in [6.45, 7) is 8.43. The van der Waals surface area contributed by atoms with E-state index in [0.29, 0.717) is 23.9 Å². The SMILES string of the molecule is CCN1CCN(C(=O)c2csc(NC(=O)C3(C)CC4c5ccccc5C3c3ccccc34)n2)CC1. The van der Waals surface area contributed by atoms with E-state index in [-0.39, 0.29) is 23.7 Å². The molecule has 7 rings (SSSR count). The molecule has 3 aromatic rings. The molecule has 35 heavy (non-hydrogen) atoms. The predicted molar refractivity (Wildman–Crippen MR) is 138 cm³/mol. The van der Waals surface area contributed by atoms with Gasteiger partial charge in [0.05, 0.1) is 5.41 Å². The Hall–Kier alpha value is -3.03. The van der Waals surface area contributed by atoms with Gasteiger partial charge < -0.3 is 15.1 Å². The summed E-state index contributed by atoms with van der Waals surface area (Å²) in [5, 5.41) is 5.35. The Labute approximate surface area is 210 Å². The van der Waals surface area contributed by atoms with Crippen LogP contribution in [0.4, 0.5) is 5.13 Å². The number of anilines is 1. The Kier molecular flexibility index (Phi) is 5.49. The van der Waals surface area contributed by atoms with Crippen molar-refractivity contribution in [2.75, 3.05) is 38.0 Å². The van der Waals surface area contributed by atoms with Crippen molar-refractivity contribution in [2.24, 2.45) is 5.41 Å². The zero-order valence-electron chi connectivity index (χ0n) is 20.2. The van der Waals surface area contributed by atoms with Gasteiger partial charge in [-0.2, -0.15) is 0 Å². The topological polar surface area (TPSA) is 65.5 Å². The molecule has 0 saturated carbocycles. The molecule has 2 aromatic carbocycles. The van der Waals surface area contributed by atoms with Crippen LogP contribution >= 0.6 is 11.3 Å². The summed E-state index contributed by atoms with van der Waals surface area (Å²) in [5.74, 6) is 0.124. The molecule has 2 amide bonds. The molecule has 1 atom stereocenters. The molecule has 3 aliphatic carbocycles. The fourth-order valence-electron chi connectivity index (χ4n) is 6.29. The van der Waals surface area contributed by atoms with Gasteiger partial charge in [0.2, 0.25) is 5.91 Å². The number of likely N-dealkylation sites (N-methyl/N-ethyl adjacent to an activating group) is 1. The van der Waals surface area contributed by atoms with E-state index in [2.05, 4.69) is 77.6 Å². The number of hydrogen-bond acceptors (Lipinski definition) is 5. The minimum Gasteiger partial charge on any atom is -0.335 e. The van der Waals surface area contributed by atoms with Crippen LogP contribution < -0.4 is 5.32 Å². The number of benzene rings is 2. The van der Waals surface area contributed by atoms with Crippen molar-refractivity contribution in [3.63, 3.8) is 0 Å². The highest BCUT2D eigenvalue weighted by atomic mass is 32.1. The maximum absolute atomic E-state index is 13.8. The second-order valence-electron chi connectivity index (χ2n) is 10.1. The summed E-state index contributed by atoms with van der Waals surface area (Å²) < 4.78 is 0. The summed E-state index contributed by atoms with van der Waals surface area (Å²) in [7, 11) is 0. The lowest BCUT2D eigenvalue weighted by atomic mass is 9.52. The van der Waals surface area contributed by atoms with E-state index in [9.17, 15) is 9.59 Å². The molecule has 180 valence electrons. The molecular formula is C28H30N4O2S. The Morgan fingerprint density at radius 1 is 1.00 bits per heavy atom. The molecule has 0 radical (unpaired) electrons. The number of thiazole rings is 1. The van der Waals surface area contributed by atoms with Crippen LogP contribution in [0.1, 0.15) is 64.8 Å². The van der Waals surface area contributed by atoms with E-state index < -0.39 is 5.41 Å². The van der Waals surface area contributed by atoms with Gasteiger partial charge in [-0.15, -0.1) is 11.3 Å². The third kappa shape index (κ3) is 3.60. The lowest BCUT2D eigenvalue weighted by Crippen LogP contribution is -2.48. The first-order chi connectivity index (χ1) is 17.0. The van der Waals surface area contributed by atoms with Gasteiger partial charge >= 0.3 is 0 Å². The van der Waals surface area contributed by atoms with Crippen molar-refractivity contribution in [2.45, 2.75) is 32.1 Å². The lowest BCUT2D eigenvalue weighted by molar-refractivity contribution is -0.126. The van der Waals surface area contributed by atoms with Crippen molar-refractivity contribution in [3.8, 4) is 0 Å². The largest absolute Gasteiger partial charge is 0.335 e. The third-order valence-corrected chi connectivity index (χ3v) is 8.96. The van der Waals surface area contributed by atoms with E-state index in [0.717, 1.165) is 26.1 Å². The first kappa shape index (κ1) is 22.4. The molecule has 1 aromatic heterocycles. The molecule has 2 bridgehead atoms. The van der Waals surface area contributed by atoms with E-state index >= 15 is 0 Å². The van der Waals surface area contributed by atoms with Gasteiger partial charge in [-0.25, -0.2) is 4.98 Å². The smallest absolute Gasteiger partial charge is 0.273 e. The number of amides is 2. The Morgan fingerprint density at radius 2 is 1.60 bits per heavy atom. The van der Waals surface area contributed by atoms with Crippen LogP contribution in [0.3, 0.4) is 0 Å². The first-order valence-electron chi connectivity index (χ1n) is 12.5. The van der Waals surface area contributed by atoms with Gasteiger partial charge in [0.15, 0.2) is 5.13 Å². The fourth-order valence-corrected chi connectivity index (χ4v) is 6.97. The van der Waals surface area contributed by atoms with Gasteiger partial charge in [-0.05, 0) is 42.1 Å².